The van der Waals surface area contributed by atoms with Crippen molar-refractivity contribution in [2.75, 3.05) is 0 Å². The monoisotopic (exact) mass is 257 g/mol. The first-order valence-electron chi connectivity index (χ1n) is 4.97. The van der Waals surface area contributed by atoms with Gasteiger partial charge in [0.1, 0.15) is 4.88 Å². The van der Waals surface area contributed by atoms with Crippen LogP contribution in [-0.2, 0) is 7.05 Å². The van der Waals surface area contributed by atoms with Crippen LogP contribution < -0.4 is 5.43 Å². The van der Waals surface area contributed by atoms with E-state index in [2.05, 4.69) is 10.5 Å². The van der Waals surface area contributed by atoms with Gasteiger partial charge in [0, 0.05) is 18.5 Å². The molecule has 4 nitrogen and oxygen atoms in total. The van der Waals surface area contributed by atoms with Crippen molar-refractivity contribution < 1.29 is 4.79 Å². The van der Waals surface area contributed by atoms with Crippen molar-refractivity contribution in [2.24, 2.45) is 12.1 Å². The number of hydrazone groups is 1. The summed E-state index contributed by atoms with van der Waals surface area (Å²) in [5, 5.41) is 3.98. The standard InChI is InChI=1S/C10H15N3OS2/c1-5-6(2)11-12-9(14)8-7(3)13(4)10(15)16-8/h5H2,1-4H3,(H,12,14)/b11-6+. The Bertz CT molecular complexity index is 485. The maximum atomic E-state index is 11.8. The molecule has 0 aliphatic rings. The van der Waals surface area contributed by atoms with E-state index >= 15 is 0 Å². The third kappa shape index (κ3) is 2.76. The summed E-state index contributed by atoms with van der Waals surface area (Å²) in [7, 11) is 1.85. The highest BCUT2D eigenvalue weighted by Gasteiger charge is 2.13. The number of rotatable bonds is 3. The van der Waals surface area contributed by atoms with Crippen LogP contribution in [0, 0.1) is 10.9 Å². The second-order valence-corrected chi connectivity index (χ2v) is 5.13. The number of nitrogens with one attached hydrogen (secondary N) is 1. The second kappa shape index (κ2) is 5.36. The largest absolute Gasteiger partial charge is 0.330 e. The SMILES string of the molecule is CC/C(C)=N/NC(=O)c1sc(=S)n(C)c1C. The quantitative estimate of drug-likeness (QED) is 0.514. The molecule has 6 heteroatoms. The predicted molar refractivity (Wildman–Crippen MR) is 69.7 cm³/mol. The first-order valence-corrected chi connectivity index (χ1v) is 6.19. The highest BCUT2D eigenvalue weighted by Crippen LogP contribution is 2.17. The molecule has 0 spiro atoms. The lowest BCUT2D eigenvalue weighted by atomic mass is 10.3. The molecule has 0 aliphatic carbocycles. The molecule has 16 heavy (non-hydrogen) atoms. The van der Waals surface area contributed by atoms with Gasteiger partial charge in [0.2, 0.25) is 0 Å². The molecule has 0 bridgehead atoms. The molecule has 0 unspecified atom stereocenters. The fourth-order valence-corrected chi connectivity index (χ4v) is 2.26. The number of nitrogens with zero attached hydrogens (tertiary/aromatic N) is 2. The van der Waals surface area contributed by atoms with Gasteiger partial charge < -0.3 is 4.57 Å². The fraction of sp³-hybridized carbons (Fsp3) is 0.500. The first-order chi connectivity index (χ1) is 7.47. The Balaban J connectivity index is 2.90. The molecule has 0 radical (unpaired) electrons. The highest BCUT2D eigenvalue weighted by atomic mass is 32.1. The molecule has 1 aromatic heterocycles. The molecular formula is C10H15N3OS2. The Hall–Kier alpha value is -1.01. The lowest BCUT2D eigenvalue weighted by molar-refractivity contribution is 0.0957. The smallest absolute Gasteiger partial charge is 0.283 e. The molecule has 0 saturated carbocycles. The number of carbonyl (C=O) groups excluding carboxylic acids is 1. The van der Waals surface area contributed by atoms with Crippen LogP contribution in [0.25, 0.3) is 0 Å². The van der Waals surface area contributed by atoms with Crippen molar-refractivity contribution in [3.63, 3.8) is 0 Å². The number of carbonyl (C=O) groups is 1. The van der Waals surface area contributed by atoms with E-state index in [0.717, 1.165) is 17.8 Å². The molecule has 0 aliphatic heterocycles. The van der Waals surface area contributed by atoms with E-state index in [1.54, 1.807) is 0 Å². The minimum Gasteiger partial charge on any atom is -0.330 e. The summed E-state index contributed by atoms with van der Waals surface area (Å²) in [5.74, 6) is -0.193. The van der Waals surface area contributed by atoms with Gasteiger partial charge >= 0.3 is 0 Å². The third-order valence-corrected chi connectivity index (χ3v) is 4.02. The zero-order chi connectivity index (χ0) is 12.3. The van der Waals surface area contributed by atoms with E-state index in [9.17, 15) is 4.79 Å². The first kappa shape index (κ1) is 13.1. The van der Waals surface area contributed by atoms with Crippen LogP contribution in [0.4, 0.5) is 0 Å². The Morgan fingerprint density at radius 3 is 2.69 bits per heavy atom. The van der Waals surface area contributed by atoms with Crippen LogP contribution in [0.5, 0.6) is 0 Å². The van der Waals surface area contributed by atoms with Crippen molar-refractivity contribution >= 4 is 35.2 Å². The number of hydrogen-bond acceptors (Lipinski definition) is 4. The average molecular weight is 257 g/mol. The highest BCUT2D eigenvalue weighted by molar-refractivity contribution is 7.73. The Labute approximate surface area is 104 Å². The van der Waals surface area contributed by atoms with Crippen LogP contribution >= 0.6 is 23.6 Å². The van der Waals surface area contributed by atoms with Crippen LogP contribution in [0.2, 0.25) is 0 Å². The molecule has 1 amide bonds. The van der Waals surface area contributed by atoms with Crippen molar-refractivity contribution in [3.8, 4) is 0 Å². The predicted octanol–water partition coefficient (Wildman–Crippen LogP) is 2.64. The van der Waals surface area contributed by atoms with E-state index in [4.69, 9.17) is 12.2 Å². The van der Waals surface area contributed by atoms with Crippen molar-refractivity contribution in [2.45, 2.75) is 27.2 Å². The maximum absolute atomic E-state index is 11.8. The summed E-state index contributed by atoms with van der Waals surface area (Å²) in [5.41, 5.74) is 4.30. The molecule has 0 atom stereocenters. The molecule has 1 aromatic rings. The van der Waals surface area contributed by atoms with Gasteiger partial charge in [-0.05, 0) is 32.5 Å². The van der Waals surface area contributed by atoms with Crippen LogP contribution in [0.1, 0.15) is 35.6 Å². The minimum absolute atomic E-state index is 0.193. The molecular weight excluding hydrogens is 242 g/mol. The topological polar surface area (TPSA) is 46.4 Å². The summed E-state index contributed by atoms with van der Waals surface area (Å²) in [4.78, 5) is 12.4. The molecule has 1 rings (SSSR count). The van der Waals surface area contributed by atoms with E-state index in [1.165, 1.54) is 11.3 Å². The Kier molecular flexibility index (Phi) is 4.37. The molecule has 1 N–H and O–H groups in total. The molecule has 0 saturated heterocycles. The molecule has 1 heterocycles. The van der Waals surface area contributed by atoms with Crippen LogP contribution in [-0.4, -0.2) is 16.2 Å². The fourth-order valence-electron chi connectivity index (χ4n) is 1.01. The van der Waals surface area contributed by atoms with Gasteiger partial charge in [-0.25, -0.2) is 5.43 Å². The van der Waals surface area contributed by atoms with Gasteiger partial charge in [0.05, 0.1) is 0 Å². The van der Waals surface area contributed by atoms with Crippen LogP contribution in [0.3, 0.4) is 0 Å². The van der Waals surface area contributed by atoms with Gasteiger partial charge in [0.25, 0.3) is 5.91 Å². The maximum Gasteiger partial charge on any atom is 0.283 e. The van der Waals surface area contributed by atoms with Gasteiger partial charge in [-0.3, -0.25) is 4.79 Å². The number of thiazole rings is 1. The lowest BCUT2D eigenvalue weighted by Crippen LogP contribution is -2.19. The van der Waals surface area contributed by atoms with Crippen molar-refractivity contribution in [3.05, 3.63) is 14.5 Å². The van der Waals surface area contributed by atoms with E-state index in [1.807, 2.05) is 32.4 Å². The van der Waals surface area contributed by atoms with Gasteiger partial charge in [-0.2, -0.15) is 5.10 Å². The summed E-state index contributed by atoms with van der Waals surface area (Å²) >= 11 is 6.41. The summed E-state index contributed by atoms with van der Waals surface area (Å²) in [6.07, 6.45) is 0.823. The average Bonchev–Trinajstić information content (AvgIpc) is 2.53. The summed E-state index contributed by atoms with van der Waals surface area (Å²) in [6.45, 7) is 5.74. The zero-order valence-corrected chi connectivity index (χ0v) is 11.5. The zero-order valence-electron chi connectivity index (χ0n) is 9.83. The minimum atomic E-state index is -0.193. The number of amides is 1. The summed E-state index contributed by atoms with van der Waals surface area (Å²) < 4.78 is 2.52. The van der Waals surface area contributed by atoms with Crippen molar-refractivity contribution in [1.29, 1.82) is 0 Å². The van der Waals surface area contributed by atoms with Crippen molar-refractivity contribution in [1.82, 2.24) is 9.99 Å². The third-order valence-electron chi connectivity index (χ3n) is 2.36. The normalized spacial score (nSPS) is 11.6. The second-order valence-electron chi connectivity index (χ2n) is 3.48. The van der Waals surface area contributed by atoms with Gasteiger partial charge in [0.15, 0.2) is 3.95 Å². The summed E-state index contributed by atoms with van der Waals surface area (Å²) in [6, 6.07) is 0. The van der Waals surface area contributed by atoms with Gasteiger partial charge in [-0.1, -0.05) is 18.3 Å². The number of aromatic nitrogens is 1. The Morgan fingerprint density at radius 1 is 1.62 bits per heavy atom. The molecule has 88 valence electrons. The number of hydrogen-bond donors (Lipinski definition) is 1. The van der Waals surface area contributed by atoms with Gasteiger partial charge in [-0.15, -0.1) is 0 Å². The molecule has 0 fully saturated rings. The van der Waals surface area contributed by atoms with E-state index in [-0.39, 0.29) is 5.91 Å². The van der Waals surface area contributed by atoms with Crippen LogP contribution in [0.15, 0.2) is 5.10 Å². The lowest BCUT2D eigenvalue weighted by Gasteiger charge is -2.00. The van der Waals surface area contributed by atoms with E-state index < -0.39 is 0 Å². The molecule has 0 aromatic carbocycles. The van der Waals surface area contributed by atoms with E-state index in [0.29, 0.717) is 8.83 Å². The Morgan fingerprint density at radius 2 is 2.25 bits per heavy atom.